The van der Waals surface area contributed by atoms with Crippen LogP contribution >= 0.6 is 8.25 Å². The van der Waals surface area contributed by atoms with Crippen LogP contribution in [0, 0.1) is 0 Å². The number of ether oxygens (including phenoxy) is 1. The molecule has 4 heteroatoms. The van der Waals surface area contributed by atoms with Crippen LogP contribution in [0.4, 0.5) is 0 Å². The van der Waals surface area contributed by atoms with Gasteiger partial charge in [-0.05, 0) is 0 Å². The summed E-state index contributed by atoms with van der Waals surface area (Å²) >= 11 is -1.33. The van der Waals surface area contributed by atoms with Crippen molar-refractivity contribution < 1.29 is 32.9 Å². The van der Waals surface area contributed by atoms with Gasteiger partial charge in [0.2, 0.25) is 0 Å². The zero-order valence-electron chi connectivity index (χ0n) is 6.40. The normalized spacial score (nSPS) is 11.6. The average molecular weight is 349 g/mol. The van der Waals surface area contributed by atoms with Crippen molar-refractivity contribution in [2.45, 2.75) is 20.8 Å². The molecule has 0 heterocycles. The third kappa shape index (κ3) is 4.28. The SMILES string of the molecule is CC(=O)OC(C)=[C](C)[Hg][Cl]. The van der Waals surface area contributed by atoms with Gasteiger partial charge in [-0.1, -0.05) is 0 Å². The van der Waals surface area contributed by atoms with Crippen LogP contribution in [-0.4, -0.2) is 5.97 Å². The van der Waals surface area contributed by atoms with E-state index in [1.807, 2.05) is 6.92 Å². The van der Waals surface area contributed by atoms with E-state index in [0.29, 0.717) is 5.76 Å². The molecule has 0 aliphatic rings. The molecule has 0 aromatic carbocycles. The van der Waals surface area contributed by atoms with Gasteiger partial charge in [-0.15, -0.1) is 0 Å². The van der Waals surface area contributed by atoms with Crippen molar-refractivity contribution in [1.29, 1.82) is 0 Å². The van der Waals surface area contributed by atoms with E-state index in [1.54, 1.807) is 6.92 Å². The minimum atomic E-state index is -1.33. The second-order valence-corrected chi connectivity index (χ2v) is 9.57. The first-order valence-electron chi connectivity index (χ1n) is 2.98. The summed E-state index contributed by atoms with van der Waals surface area (Å²) < 4.78 is 5.92. The molecule has 0 bridgehead atoms. The first-order chi connectivity index (χ1) is 4.57. The number of rotatable bonds is 2. The number of hydrogen-bond acceptors (Lipinski definition) is 2. The molecule has 0 amide bonds. The monoisotopic (exact) mass is 350 g/mol. The maximum atomic E-state index is 10.4. The van der Waals surface area contributed by atoms with Gasteiger partial charge in [-0.2, -0.15) is 0 Å². The number of carbonyl (C=O) groups excluding carboxylic acids is 1. The van der Waals surface area contributed by atoms with Crippen LogP contribution in [0.15, 0.2) is 8.84 Å². The molecule has 0 atom stereocenters. The van der Waals surface area contributed by atoms with Crippen LogP contribution in [0.2, 0.25) is 0 Å². The molecule has 2 nitrogen and oxygen atoms in total. The van der Waals surface area contributed by atoms with Crippen LogP contribution in [0.3, 0.4) is 0 Å². The fraction of sp³-hybridized carbons (Fsp3) is 0.500. The molecule has 0 aliphatic carbocycles. The first-order valence-corrected chi connectivity index (χ1v) is 12.5. The Hall–Kier alpha value is 0.435. The van der Waals surface area contributed by atoms with Crippen molar-refractivity contribution in [3.05, 3.63) is 8.84 Å². The summed E-state index contributed by atoms with van der Waals surface area (Å²) in [5, 5.41) is 0. The molecule has 0 aromatic heterocycles. The zero-order valence-corrected chi connectivity index (χ0v) is 12.7. The van der Waals surface area contributed by atoms with Crippen molar-refractivity contribution in [2.24, 2.45) is 0 Å². The third-order valence-corrected chi connectivity index (χ3v) is 8.11. The van der Waals surface area contributed by atoms with Crippen LogP contribution in [-0.2, 0) is 32.9 Å². The molecular weight excluding hydrogens is 340 g/mol. The molecule has 0 N–H and O–H groups in total. The van der Waals surface area contributed by atoms with E-state index < -0.39 is 23.3 Å². The molecule has 0 spiro atoms. The summed E-state index contributed by atoms with van der Waals surface area (Å²) in [5.74, 6) is 0.430. The Morgan fingerprint density at radius 2 is 1.90 bits per heavy atom. The van der Waals surface area contributed by atoms with Crippen molar-refractivity contribution in [3.8, 4) is 0 Å². The van der Waals surface area contributed by atoms with Crippen molar-refractivity contribution >= 4 is 14.2 Å². The van der Waals surface area contributed by atoms with Gasteiger partial charge in [0.15, 0.2) is 0 Å². The van der Waals surface area contributed by atoms with Gasteiger partial charge in [0.1, 0.15) is 0 Å². The number of esters is 1. The van der Waals surface area contributed by atoms with Crippen LogP contribution < -0.4 is 0 Å². The quantitative estimate of drug-likeness (QED) is 0.433. The van der Waals surface area contributed by atoms with E-state index in [0.717, 1.165) is 3.08 Å². The zero-order chi connectivity index (χ0) is 8.15. The Labute approximate surface area is 76.5 Å². The summed E-state index contributed by atoms with van der Waals surface area (Å²) in [6, 6.07) is 0. The van der Waals surface area contributed by atoms with Crippen molar-refractivity contribution in [2.75, 3.05) is 0 Å². The molecule has 54 valence electrons. The fourth-order valence-corrected chi connectivity index (χ4v) is 3.06. The molecule has 0 radical (unpaired) electrons. The summed E-state index contributed by atoms with van der Waals surface area (Å²) in [6.45, 7) is 5.09. The van der Waals surface area contributed by atoms with Gasteiger partial charge in [0.05, 0.1) is 0 Å². The first kappa shape index (κ1) is 10.4. The molecule has 0 fully saturated rings. The van der Waals surface area contributed by atoms with Crippen molar-refractivity contribution in [3.63, 3.8) is 0 Å². The molecule has 0 rings (SSSR count). The van der Waals surface area contributed by atoms with Crippen LogP contribution in [0.1, 0.15) is 20.8 Å². The summed E-state index contributed by atoms with van der Waals surface area (Å²) in [7, 11) is 5.70. The molecule has 0 saturated heterocycles. The Balaban J connectivity index is 4.04. The predicted octanol–water partition coefficient (Wildman–Crippen LogP) is 2.04. The fourth-order valence-electron chi connectivity index (χ4n) is 0.397. The summed E-state index contributed by atoms with van der Waals surface area (Å²) in [6.07, 6.45) is 0. The number of halogens is 1. The molecule has 0 saturated carbocycles. The minimum absolute atomic E-state index is 0.268. The maximum absolute atomic E-state index is 10.4. The predicted molar refractivity (Wildman–Crippen MR) is 36.0 cm³/mol. The van der Waals surface area contributed by atoms with Crippen LogP contribution in [0.5, 0.6) is 0 Å². The van der Waals surface area contributed by atoms with Crippen LogP contribution in [0.25, 0.3) is 0 Å². The van der Waals surface area contributed by atoms with Gasteiger partial charge in [-0.3, -0.25) is 0 Å². The molecular formula is C6H9ClHgO2. The Morgan fingerprint density at radius 1 is 1.40 bits per heavy atom. The van der Waals surface area contributed by atoms with Gasteiger partial charge >= 0.3 is 76.7 Å². The Morgan fingerprint density at radius 3 is 2.20 bits per heavy atom. The molecule has 0 unspecified atom stereocenters. The van der Waals surface area contributed by atoms with E-state index >= 15 is 0 Å². The molecule has 10 heavy (non-hydrogen) atoms. The van der Waals surface area contributed by atoms with Gasteiger partial charge in [-0.25, -0.2) is 0 Å². The van der Waals surface area contributed by atoms with E-state index in [-0.39, 0.29) is 5.97 Å². The summed E-state index contributed by atoms with van der Waals surface area (Å²) in [4.78, 5) is 10.4. The third-order valence-electron chi connectivity index (χ3n) is 1.10. The van der Waals surface area contributed by atoms with Gasteiger partial charge in [0, 0.05) is 0 Å². The molecule has 0 aromatic rings. The second kappa shape index (κ2) is 5.13. The van der Waals surface area contributed by atoms with Crippen molar-refractivity contribution in [1.82, 2.24) is 0 Å². The number of hydrogen-bond donors (Lipinski definition) is 0. The average Bonchev–Trinajstić information content (AvgIpc) is 1.85. The Bertz CT molecular complexity index is 165. The number of carbonyl (C=O) groups is 1. The Kier molecular flexibility index (Phi) is 5.36. The van der Waals surface area contributed by atoms with Gasteiger partial charge in [0.25, 0.3) is 0 Å². The topological polar surface area (TPSA) is 26.3 Å². The van der Waals surface area contributed by atoms with Gasteiger partial charge < -0.3 is 0 Å². The standard InChI is InChI=1S/C6H9O2.ClH.Hg/c1-4-5(2)8-6(3)7;;/h1-3H3;1H;/q;;+1/p-1. The van der Waals surface area contributed by atoms with E-state index in [1.165, 1.54) is 6.92 Å². The van der Waals surface area contributed by atoms with E-state index in [9.17, 15) is 4.79 Å². The second-order valence-electron chi connectivity index (χ2n) is 2.06. The summed E-state index contributed by atoms with van der Waals surface area (Å²) in [5.41, 5.74) is 0. The van der Waals surface area contributed by atoms with E-state index in [4.69, 9.17) is 13.0 Å². The molecule has 0 aliphatic heterocycles. The number of allylic oxidation sites excluding steroid dienone is 2. The van der Waals surface area contributed by atoms with E-state index in [2.05, 4.69) is 0 Å².